The zero-order valence-electron chi connectivity index (χ0n) is 16.2. The van der Waals surface area contributed by atoms with Crippen molar-refractivity contribution in [2.75, 3.05) is 0 Å². The molecule has 0 fully saturated rings. The second kappa shape index (κ2) is 10.7. The van der Waals surface area contributed by atoms with Crippen molar-refractivity contribution >= 4 is 6.16 Å². The van der Waals surface area contributed by atoms with Gasteiger partial charge >= 0.3 is 6.16 Å². The van der Waals surface area contributed by atoms with Crippen molar-refractivity contribution in [2.45, 2.75) is 25.7 Å². The molecule has 0 aliphatic rings. The van der Waals surface area contributed by atoms with Crippen molar-refractivity contribution in [1.29, 1.82) is 0 Å². The predicted molar refractivity (Wildman–Crippen MR) is 115 cm³/mol. The van der Waals surface area contributed by atoms with Crippen LogP contribution in [0.1, 0.15) is 22.3 Å². The van der Waals surface area contributed by atoms with Gasteiger partial charge in [-0.15, -0.1) is 26.3 Å². The molecule has 0 bridgehead atoms. The number of ether oxygens (including phenoxy) is 2. The maximum atomic E-state index is 12.5. The fourth-order valence-corrected chi connectivity index (χ4v) is 3.06. The van der Waals surface area contributed by atoms with Gasteiger partial charge < -0.3 is 9.47 Å². The molecule has 0 spiro atoms. The van der Waals surface area contributed by atoms with Gasteiger partial charge in [0.2, 0.25) is 0 Å². The number of carbonyl (C=O) groups is 1. The van der Waals surface area contributed by atoms with Gasteiger partial charge in [-0.2, -0.15) is 0 Å². The molecule has 0 saturated carbocycles. The Kier molecular flexibility index (Phi) is 8.04. The van der Waals surface area contributed by atoms with E-state index in [1.165, 1.54) is 0 Å². The summed E-state index contributed by atoms with van der Waals surface area (Å²) in [5.41, 5.74) is 3.89. The van der Waals surface area contributed by atoms with E-state index in [4.69, 9.17) is 9.47 Å². The lowest BCUT2D eigenvalue weighted by Gasteiger charge is -2.15. The first kappa shape index (κ1) is 21.0. The second-order valence-electron chi connectivity index (χ2n) is 6.21. The predicted octanol–water partition coefficient (Wildman–Crippen LogP) is 6.18. The van der Waals surface area contributed by atoms with Gasteiger partial charge in [0.05, 0.1) is 0 Å². The lowest BCUT2D eigenvalue weighted by Crippen LogP contribution is -2.16. The van der Waals surface area contributed by atoms with Crippen LogP contribution in [0, 0.1) is 0 Å². The highest BCUT2D eigenvalue weighted by molar-refractivity contribution is 5.69. The van der Waals surface area contributed by atoms with E-state index in [2.05, 4.69) is 26.3 Å². The molecule has 0 aliphatic carbocycles. The number of rotatable bonds is 10. The monoisotopic (exact) mass is 374 g/mol. The van der Waals surface area contributed by atoms with Crippen LogP contribution in [0.4, 0.5) is 4.79 Å². The average molecular weight is 374 g/mol. The molecule has 0 radical (unpaired) electrons. The third kappa shape index (κ3) is 5.34. The van der Waals surface area contributed by atoms with Crippen LogP contribution >= 0.6 is 0 Å². The van der Waals surface area contributed by atoms with Crippen LogP contribution in [0.3, 0.4) is 0 Å². The first-order valence-electron chi connectivity index (χ1n) is 9.19. The topological polar surface area (TPSA) is 35.5 Å². The molecule has 2 rings (SSSR count). The molecule has 0 saturated heterocycles. The summed E-state index contributed by atoms with van der Waals surface area (Å²) in [5.74, 6) is 0.938. The Labute approximate surface area is 167 Å². The van der Waals surface area contributed by atoms with Gasteiger partial charge in [-0.1, -0.05) is 48.6 Å². The molecule has 0 amide bonds. The average Bonchev–Trinajstić information content (AvgIpc) is 2.67. The molecule has 2 aromatic rings. The fourth-order valence-electron chi connectivity index (χ4n) is 3.06. The third-order valence-electron chi connectivity index (χ3n) is 4.27. The Morgan fingerprint density at radius 3 is 1.43 bits per heavy atom. The Bertz CT molecular complexity index is 806. The molecule has 144 valence electrons. The lowest BCUT2D eigenvalue weighted by atomic mass is 10.0. The summed E-state index contributed by atoms with van der Waals surface area (Å²) in [6.07, 6.45) is 8.95. The minimum absolute atomic E-state index is 0.469. The van der Waals surface area contributed by atoms with Crippen molar-refractivity contribution in [3.05, 3.63) is 109 Å². The smallest absolute Gasteiger partial charge is 0.394 e. The quantitative estimate of drug-likeness (QED) is 0.283. The molecule has 0 unspecified atom stereocenters. The Morgan fingerprint density at radius 1 is 0.679 bits per heavy atom. The normalized spacial score (nSPS) is 10.0. The zero-order valence-corrected chi connectivity index (χ0v) is 16.2. The molecule has 0 heterocycles. The zero-order chi connectivity index (χ0) is 20.4. The maximum absolute atomic E-state index is 12.5. The summed E-state index contributed by atoms with van der Waals surface area (Å²) >= 11 is 0. The highest BCUT2D eigenvalue weighted by Crippen LogP contribution is 2.27. The lowest BCUT2D eigenvalue weighted by molar-refractivity contribution is 0.151. The van der Waals surface area contributed by atoms with Crippen molar-refractivity contribution < 1.29 is 14.3 Å². The third-order valence-corrected chi connectivity index (χ3v) is 4.27. The number of hydrogen-bond acceptors (Lipinski definition) is 3. The number of hydrogen-bond donors (Lipinski definition) is 0. The van der Waals surface area contributed by atoms with Crippen LogP contribution in [0.5, 0.6) is 11.5 Å². The molecule has 0 aromatic heterocycles. The van der Waals surface area contributed by atoms with Crippen molar-refractivity contribution in [3.63, 3.8) is 0 Å². The van der Waals surface area contributed by atoms with Crippen LogP contribution < -0.4 is 9.47 Å². The molecule has 3 nitrogen and oxygen atoms in total. The molecule has 3 heteroatoms. The summed E-state index contributed by atoms with van der Waals surface area (Å²) in [6, 6.07) is 11.2. The summed E-state index contributed by atoms with van der Waals surface area (Å²) < 4.78 is 11.1. The van der Waals surface area contributed by atoms with E-state index in [0.29, 0.717) is 37.2 Å². The largest absolute Gasteiger partial charge is 0.519 e. The van der Waals surface area contributed by atoms with Crippen molar-refractivity contribution in [2.24, 2.45) is 0 Å². The summed E-state index contributed by atoms with van der Waals surface area (Å²) in [6.45, 7) is 15.1. The van der Waals surface area contributed by atoms with Crippen LogP contribution in [0.2, 0.25) is 0 Å². The molecular weight excluding hydrogens is 348 g/mol. The van der Waals surface area contributed by atoms with Crippen LogP contribution in [0.25, 0.3) is 0 Å². The van der Waals surface area contributed by atoms with E-state index >= 15 is 0 Å². The van der Waals surface area contributed by atoms with Crippen LogP contribution in [-0.4, -0.2) is 6.16 Å². The van der Waals surface area contributed by atoms with Gasteiger partial charge in [-0.05, 0) is 48.9 Å². The number of allylic oxidation sites excluding steroid dienone is 4. The Morgan fingerprint density at radius 2 is 1.07 bits per heavy atom. The van der Waals surface area contributed by atoms with Gasteiger partial charge in [-0.25, -0.2) is 4.79 Å². The molecule has 0 atom stereocenters. The SMILES string of the molecule is C=CCc1cccc(OC(=O)Oc2cccc(CC=C)c2CC=C)c1CC=C. The van der Waals surface area contributed by atoms with E-state index in [-0.39, 0.29) is 0 Å². The Hall–Kier alpha value is -3.33. The van der Waals surface area contributed by atoms with Gasteiger partial charge in [0.15, 0.2) is 0 Å². The van der Waals surface area contributed by atoms with Crippen molar-refractivity contribution in [1.82, 2.24) is 0 Å². The molecular formula is C25H26O3. The van der Waals surface area contributed by atoms with Crippen LogP contribution in [-0.2, 0) is 25.7 Å². The maximum Gasteiger partial charge on any atom is 0.519 e. The molecule has 28 heavy (non-hydrogen) atoms. The number of benzene rings is 2. The second-order valence-corrected chi connectivity index (χ2v) is 6.21. The van der Waals surface area contributed by atoms with Gasteiger partial charge in [-0.3, -0.25) is 0 Å². The molecule has 0 N–H and O–H groups in total. The summed E-state index contributed by atoms with van der Waals surface area (Å²) in [7, 11) is 0. The summed E-state index contributed by atoms with van der Waals surface area (Å²) in [4.78, 5) is 12.5. The van der Waals surface area contributed by atoms with Crippen molar-refractivity contribution in [3.8, 4) is 11.5 Å². The van der Waals surface area contributed by atoms with E-state index < -0.39 is 6.16 Å². The fraction of sp³-hybridized carbons (Fsp3) is 0.160. The highest BCUT2D eigenvalue weighted by atomic mass is 16.7. The minimum Gasteiger partial charge on any atom is -0.394 e. The highest BCUT2D eigenvalue weighted by Gasteiger charge is 2.16. The van der Waals surface area contributed by atoms with Crippen LogP contribution in [0.15, 0.2) is 87.0 Å². The molecule has 0 aliphatic heterocycles. The van der Waals surface area contributed by atoms with Gasteiger partial charge in [0.1, 0.15) is 11.5 Å². The number of carbonyl (C=O) groups excluding carboxylic acids is 1. The minimum atomic E-state index is -0.776. The summed E-state index contributed by atoms with van der Waals surface area (Å²) in [5, 5.41) is 0. The van der Waals surface area contributed by atoms with E-state index in [9.17, 15) is 4.79 Å². The Balaban J connectivity index is 2.27. The van der Waals surface area contributed by atoms with Gasteiger partial charge in [0.25, 0.3) is 0 Å². The standard InChI is InChI=1S/C25H26O3/c1-5-11-19-15-9-17-23(21(19)13-7-3)27-25(26)28-24-18-10-16-20(12-6-2)22(24)14-8-4/h5-10,15-18H,1-4,11-14H2. The van der Waals surface area contributed by atoms with E-state index in [1.807, 2.05) is 36.4 Å². The van der Waals surface area contributed by atoms with E-state index in [0.717, 1.165) is 22.3 Å². The first-order chi connectivity index (χ1) is 13.6. The molecule has 2 aromatic carbocycles. The van der Waals surface area contributed by atoms with Gasteiger partial charge in [0, 0.05) is 11.1 Å². The van der Waals surface area contributed by atoms with E-state index in [1.54, 1.807) is 24.3 Å². The first-order valence-corrected chi connectivity index (χ1v) is 9.19.